The molecule has 0 bridgehead atoms. The number of hydrogen-bond donors (Lipinski definition) is 3. The number of anilines is 2. The number of aromatic nitrogens is 1. The summed E-state index contributed by atoms with van der Waals surface area (Å²) >= 11 is 0. The number of nitrogens with one attached hydrogen (secondary N) is 2. The van der Waals surface area contributed by atoms with Crippen LogP contribution in [0.25, 0.3) is 0 Å². The molecule has 3 N–H and O–H groups in total. The minimum Gasteiger partial charge on any atom is -0.506 e. The highest BCUT2D eigenvalue weighted by Gasteiger charge is 2.07. The van der Waals surface area contributed by atoms with Crippen molar-refractivity contribution in [3.63, 3.8) is 0 Å². The van der Waals surface area contributed by atoms with Crippen molar-refractivity contribution in [3.05, 3.63) is 47.5 Å². The van der Waals surface area contributed by atoms with Gasteiger partial charge in [0, 0.05) is 18.3 Å². The largest absolute Gasteiger partial charge is 0.506 e. The van der Waals surface area contributed by atoms with Crippen LogP contribution in [0.5, 0.6) is 5.75 Å². The van der Waals surface area contributed by atoms with Gasteiger partial charge in [0.05, 0.1) is 12.2 Å². The van der Waals surface area contributed by atoms with Crippen LogP contribution in [-0.4, -0.2) is 16.0 Å². The second-order valence-electron chi connectivity index (χ2n) is 4.65. The molecule has 1 heterocycles. The van der Waals surface area contributed by atoms with E-state index in [1.54, 1.807) is 18.2 Å². The smallest absolute Gasteiger partial charge is 0.221 e. The minimum atomic E-state index is -0.507. The highest BCUT2D eigenvalue weighted by atomic mass is 19.1. The zero-order valence-corrected chi connectivity index (χ0v) is 11.8. The van der Waals surface area contributed by atoms with E-state index in [0.717, 1.165) is 5.69 Å². The number of benzene rings is 1. The van der Waals surface area contributed by atoms with Gasteiger partial charge in [-0.15, -0.1) is 0 Å². The van der Waals surface area contributed by atoms with Crippen LogP contribution in [0.3, 0.4) is 0 Å². The molecule has 21 heavy (non-hydrogen) atoms. The first-order valence-electron chi connectivity index (χ1n) is 6.42. The number of rotatable bonds is 4. The number of carbonyl (C=O) groups excluding carboxylic acids is 1. The quantitative estimate of drug-likeness (QED) is 0.809. The molecule has 2 aromatic rings. The van der Waals surface area contributed by atoms with E-state index in [1.807, 2.05) is 6.92 Å². The standard InChI is InChI=1S/C15H16FN3O2/c1-9-3-6-15(21)14(18-9)8-17-11-4-5-12(16)13(7-11)19-10(2)20/h3-7,17,21H,8H2,1-2H3,(H,19,20). The molecule has 5 nitrogen and oxygen atoms in total. The molecule has 0 aliphatic carbocycles. The van der Waals surface area contributed by atoms with E-state index in [0.29, 0.717) is 17.9 Å². The van der Waals surface area contributed by atoms with E-state index in [2.05, 4.69) is 15.6 Å². The molecule has 110 valence electrons. The SMILES string of the molecule is CC(=O)Nc1cc(NCc2nc(C)ccc2O)ccc1F. The molecule has 1 aromatic carbocycles. The van der Waals surface area contributed by atoms with Gasteiger partial charge in [0.15, 0.2) is 0 Å². The van der Waals surface area contributed by atoms with Gasteiger partial charge in [0.25, 0.3) is 0 Å². The monoisotopic (exact) mass is 289 g/mol. The molecule has 0 saturated heterocycles. The maximum Gasteiger partial charge on any atom is 0.221 e. The Labute approximate surface area is 121 Å². The normalized spacial score (nSPS) is 10.2. The summed E-state index contributed by atoms with van der Waals surface area (Å²) in [5.74, 6) is -0.756. The van der Waals surface area contributed by atoms with Crippen LogP contribution in [0.4, 0.5) is 15.8 Å². The van der Waals surface area contributed by atoms with Gasteiger partial charge < -0.3 is 15.7 Å². The molecule has 0 aliphatic rings. The van der Waals surface area contributed by atoms with Crippen molar-refractivity contribution in [2.75, 3.05) is 10.6 Å². The van der Waals surface area contributed by atoms with Crippen LogP contribution in [-0.2, 0) is 11.3 Å². The van der Waals surface area contributed by atoms with Gasteiger partial charge in [-0.1, -0.05) is 0 Å². The number of halogens is 1. The second kappa shape index (κ2) is 6.21. The highest BCUT2D eigenvalue weighted by molar-refractivity contribution is 5.89. The molecule has 1 aromatic heterocycles. The third-order valence-corrected chi connectivity index (χ3v) is 2.83. The molecular formula is C15H16FN3O2. The van der Waals surface area contributed by atoms with Crippen molar-refractivity contribution in [3.8, 4) is 5.75 Å². The zero-order valence-electron chi connectivity index (χ0n) is 11.8. The van der Waals surface area contributed by atoms with Crippen LogP contribution in [0.2, 0.25) is 0 Å². The van der Waals surface area contributed by atoms with Gasteiger partial charge in [-0.3, -0.25) is 9.78 Å². The average Bonchev–Trinajstić information content (AvgIpc) is 2.42. The first kappa shape index (κ1) is 14.8. The summed E-state index contributed by atoms with van der Waals surface area (Å²) in [7, 11) is 0. The maximum atomic E-state index is 13.5. The number of amides is 1. The molecule has 0 spiro atoms. The number of nitrogens with zero attached hydrogens (tertiary/aromatic N) is 1. The molecule has 6 heteroatoms. The first-order valence-corrected chi connectivity index (χ1v) is 6.42. The average molecular weight is 289 g/mol. The van der Waals surface area contributed by atoms with Gasteiger partial charge >= 0.3 is 0 Å². The Morgan fingerprint density at radius 1 is 1.33 bits per heavy atom. The van der Waals surface area contributed by atoms with Crippen LogP contribution < -0.4 is 10.6 Å². The van der Waals surface area contributed by atoms with Gasteiger partial charge in [0.1, 0.15) is 17.3 Å². The molecule has 0 unspecified atom stereocenters. The lowest BCUT2D eigenvalue weighted by molar-refractivity contribution is -0.114. The van der Waals surface area contributed by atoms with Gasteiger partial charge in [-0.05, 0) is 37.3 Å². The van der Waals surface area contributed by atoms with Gasteiger partial charge in [-0.2, -0.15) is 0 Å². The van der Waals surface area contributed by atoms with Crippen molar-refractivity contribution in [2.45, 2.75) is 20.4 Å². The van der Waals surface area contributed by atoms with Crippen LogP contribution in [0.1, 0.15) is 18.3 Å². The Hall–Kier alpha value is -2.63. The van der Waals surface area contributed by atoms with Crippen molar-refractivity contribution < 1.29 is 14.3 Å². The molecule has 0 aliphatic heterocycles. The maximum absolute atomic E-state index is 13.5. The van der Waals surface area contributed by atoms with Crippen LogP contribution in [0.15, 0.2) is 30.3 Å². The number of hydrogen-bond acceptors (Lipinski definition) is 4. The summed E-state index contributed by atoms with van der Waals surface area (Å²) in [6, 6.07) is 7.59. The van der Waals surface area contributed by atoms with E-state index in [-0.39, 0.29) is 17.3 Å². The summed E-state index contributed by atoms with van der Waals surface area (Å²) in [6.45, 7) is 3.43. The molecule has 2 rings (SSSR count). The number of carbonyl (C=O) groups is 1. The number of pyridine rings is 1. The Kier molecular flexibility index (Phi) is 4.37. The summed E-state index contributed by atoms with van der Waals surface area (Å²) < 4.78 is 13.5. The Morgan fingerprint density at radius 3 is 2.81 bits per heavy atom. The molecule has 0 saturated carbocycles. The molecule has 1 amide bonds. The number of aromatic hydroxyl groups is 1. The Balaban J connectivity index is 2.13. The fraction of sp³-hybridized carbons (Fsp3) is 0.200. The molecule has 0 fully saturated rings. The van der Waals surface area contributed by atoms with Crippen molar-refractivity contribution >= 4 is 17.3 Å². The highest BCUT2D eigenvalue weighted by Crippen LogP contribution is 2.21. The predicted octanol–water partition coefficient (Wildman–Crippen LogP) is 2.81. The Morgan fingerprint density at radius 2 is 2.10 bits per heavy atom. The fourth-order valence-electron chi connectivity index (χ4n) is 1.84. The van der Waals surface area contributed by atoms with E-state index in [9.17, 15) is 14.3 Å². The summed E-state index contributed by atoms with van der Waals surface area (Å²) in [6.07, 6.45) is 0. The lowest BCUT2D eigenvalue weighted by Crippen LogP contribution is -2.08. The van der Waals surface area contributed by atoms with Gasteiger partial charge in [-0.25, -0.2) is 4.39 Å². The summed E-state index contributed by atoms with van der Waals surface area (Å²) in [5, 5.41) is 15.2. The second-order valence-corrected chi connectivity index (χ2v) is 4.65. The summed E-state index contributed by atoms with van der Waals surface area (Å²) in [5.41, 5.74) is 2.01. The molecule has 0 atom stereocenters. The van der Waals surface area contributed by atoms with Crippen LogP contribution >= 0.6 is 0 Å². The van der Waals surface area contributed by atoms with Crippen LogP contribution in [0, 0.1) is 12.7 Å². The molecule has 0 radical (unpaired) electrons. The Bertz CT molecular complexity index is 674. The zero-order chi connectivity index (χ0) is 15.4. The molecular weight excluding hydrogens is 273 g/mol. The van der Waals surface area contributed by atoms with E-state index >= 15 is 0 Å². The third kappa shape index (κ3) is 3.92. The third-order valence-electron chi connectivity index (χ3n) is 2.83. The van der Waals surface area contributed by atoms with Crippen molar-refractivity contribution in [2.24, 2.45) is 0 Å². The first-order chi connectivity index (χ1) is 9.95. The number of aryl methyl sites for hydroxylation is 1. The van der Waals surface area contributed by atoms with E-state index in [1.165, 1.54) is 19.1 Å². The van der Waals surface area contributed by atoms with E-state index < -0.39 is 5.82 Å². The predicted molar refractivity (Wildman–Crippen MR) is 78.7 cm³/mol. The van der Waals surface area contributed by atoms with Gasteiger partial charge in [0.2, 0.25) is 5.91 Å². The topological polar surface area (TPSA) is 74.2 Å². The van der Waals surface area contributed by atoms with Crippen molar-refractivity contribution in [1.29, 1.82) is 0 Å². The van der Waals surface area contributed by atoms with E-state index in [4.69, 9.17) is 0 Å². The minimum absolute atomic E-state index is 0.0947. The van der Waals surface area contributed by atoms with Crippen molar-refractivity contribution in [1.82, 2.24) is 4.98 Å². The lowest BCUT2D eigenvalue weighted by atomic mass is 10.2. The lowest BCUT2D eigenvalue weighted by Gasteiger charge is -2.10. The summed E-state index contributed by atoms with van der Waals surface area (Å²) in [4.78, 5) is 15.2. The fourth-order valence-corrected chi connectivity index (χ4v) is 1.84.